The molecule has 0 radical (unpaired) electrons. The molecule has 1 fully saturated rings. The summed E-state index contributed by atoms with van der Waals surface area (Å²) in [5, 5.41) is 40.3. The average Bonchev–Trinajstić information content (AvgIpc) is 3.25. The summed E-state index contributed by atoms with van der Waals surface area (Å²) in [5.41, 5.74) is 1.09. The molecule has 2 aromatic rings. The van der Waals surface area contributed by atoms with E-state index in [9.17, 15) is 20.1 Å². The Labute approximate surface area is 184 Å². The van der Waals surface area contributed by atoms with E-state index in [1.165, 1.54) is 6.20 Å². The molecular formula is C21H28F2N4O5. The molecule has 11 heteroatoms. The lowest BCUT2D eigenvalue weighted by Crippen LogP contribution is -2.67. The van der Waals surface area contributed by atoms with Gasteiger partial charge < -0.3 is 25.4 Å². The number of carbonyl (C=O) groups is 1. The van der Waals surface area contributed by atoms with Gasteiger partial charge >= 0.3 is 0 Å². The van der Waals surface area contributed by atoms with Gasteiger partial charge in [-0.3, -0.25) is 4.79 Å². The molecule has 4 N–H and O–H groups in total. The molecule has 1 aliphatic rings. The lowest BCUT2D eigenvalue weighted by molar-refractivity contribution is -0.279. The van der Waals surface area contributed by atoms with Gasteiger partial charge in [0.05, 0.1) is 18.8 Å². The largest absolute Gasteiger partial charge is 0.394 e. The van der Waals surface area contributed by atoms with E-state index >= 15 is 8.78 Å². The predicted octanol–water partition coefficient (Wildman–Crippen LogP) is 0.764. The number of aliphatic hydroxyl groups is 3. The van der Waals surface area contributed by atoms with Gasteiger partial charge in [0, 0.05) is 11.5 Å². The Morgan fingerprint density at radius 3 is 2.56 bits per heavy atom. The molecule has 0 bridgehead atoms. The molecule has 176 valence electrons. The number of halogens is 2. The zero-order valence-corrected chi connectivity index (χ0v) is 18.0. The summed E-state index contributed by atoms with van der Waals surface area (Å²) in [6.07, 6.45) is -6.01. The molecule has 1 saturated heterocycles. The van der Waals surface area contributed by atoms with Crippen LogP contribution in [0.15, 0.2) is 36.5 Å². The molecule has 0 aliphatic carbocycles. The summed E-state index contributed by atoms with van der Waals surface area (Å²) in [5.74, 6) is -3.90. The molecule has 7 atom stereocenters. The number of hydrogen-bond donors (Lipinski definition) is 4. The Morgan fingerprint density at radius 2 is 1.97 bits per heavy atom. The van der Waals surface area contributed by atoms with E-state index in [0.29, 0.717) is 11.3 Å². The molecule has 1 aromatic carbocycles. The van der Waals surface area contributed by atoms with Crippen LogP contribution in [0, 0.1) is 5.92 Å². The molecule has 1 aromatic heterocycles. The van der Waals surface area contributed by atoms with Gasteiger partial charge in [0.25, 0.3) is 0 Å². The first kappa shape index (κ1) is 24.2. The average molecular weight is 454 g/mol. The summed E-state index contributed by atoms with van der Waals surface area (Å²) in [6, 6.07) is 6.14. The van der Waals surface area contributed by atoms with Crippen LogP contribution in [0.3, 0.4) is 0 Å². The second kappa shape index (κ2) is 9.57. The molecule has 1 amide bonds. The van der Waals surface area contributed by atoms with Crippen LogP contribution in [0.5, 0.6) is 0 Å². The SMILES string of the molecule is CC(C)C(=O)N[C@H]1[C@H]([C@H](O)[C@H](O)CO)OC(C)(F)C(F)[C@@H]1n1cc(-c2ccccc2)nn1. The second-order valence-electron chi connectivity index (χ2n) is 8.34. The number of amides is 1. The van der Waals surface area contributed by atoms with Crippen LogP contribution in [0.25, 0.3) is 11.3 Å². The monoisotopic (exact) mass is 454 g/mol. The topological polar surface area (TPSA) is 130 Å². The summed E-state index contributed by atoms with van der Waals surface area (Å²) < 4.78 is 36.8. The number of nitrogens with zero attached hydrogens (tertiary/aromatic N) is 3. The van der Waals surface area contributed by atoms with E-state index in [2.05, 4.69) is 15.6 Å². The van der Waals surface area contributed by atoms with Crippen molar-refractivity contribution in [1.82, 2.24) is 20.3 Å². The van der Waals surface area contributed by atoms with E-state index in [1.807, 2.05) is 6.07 Å². The third-order valence-corrected chi connectivity index (χ3v) is 5.52. The summed E-state index contributed by atoms with van der Waals surface area (Å²) >= 11 is 0. The fourth-order valence-corrected chi connectivity index (χ4v) is 3.66. The van der Waals surface area contributed by atoms with Crippen LogP contribution in [0.2, 0.25) is 0 Å². The number of ether oxygens (including phenoxy) is 1. The summed E-state index contributed by atoms with van der Waals surface area (Å²) in [4.78, 5) is 12.5. The van der Waals surface area contributed by atoms with E-state index in [-0.39, 0.29) is 0 Å². The van der Waals surface area contributed by atoms with Gasteiger partial charge in [0.2, 0.25) is 11.8 Å². The lowest BCUT2D eigenvalue weighted by Gasteiger charge is -2.47. The zero-order valence-electron chi connectivity index (χ0n) is 18.0. The number of rotatable bonds is 7. The van der Waals surface area contributed by atoms with E-state index in [0.717, 1.165) is 11.6 Å². The van der Waals surface area contributed by atoms with E-state index < -0.39 is 60.9 Å². The van der Waals surface area contributed by atoms with Gasteiger partial charge in [0.1, 0.15) is 30.0 Å². The minimum absolute atomic E-state index is 0.395. The van der Waals surface area contributed by atoms with Crippen molar-refractivity contribution in [2.24, 2.45) is 5.92 Å². The van der Waals surface area contributed by atoms with E-state index in [4.69, 9.17) is 4.74 Å². The number of carbonyl (C=O) groups excluding carboxylic acids is 1. The maximum Gasteiger partial charge on any atom is 0.240 e. The van der Waals surface area contributed by atoms with Crippen molar-refractivity contribution in [3.63, 3.8) is 0 Å². The quantitative estimate of drug-likeness (QED) is 0.486. The standard InChI is InChI=1S/C21H28F2N4O5/c1-11(2)20(31)24-15-16(27-9-13(25-26-27)12-7-5-4-6-8-12)19(22)21(3,23)32-18(15)17(30)14(29)10-28/h4-9,11,14-19,28-30H,10H2,1-3H3,(H,24,31)/t14-,15-,16-,17-,18-,19?,21?/m1/s1. The maximum absolute atomic E-state index is 15.4. The fourth-order valence-electron chi connectivity index (χ4n) is 3.66. The Kier molecular flexibility index (Phi) is 7.23. The van der Waals surface area contributed by atoms with Gasteiger partial charge in [-0.15, -0.1) is 5.10 Å². The van der Waals surface area contributed by atoms with Gasteiger partial charge in [-0.05, 0) is 6.92 Å². The molecule has 1 aliphatic heterocycles. The smallest absolute Gasteiger partial charge is 0.240 e. The van der Waals surface area contributed by atoms with Gasteiger partial charge in [0.15, 0.2) is 6.17 Å². The number of alkyl halides is 2. The van der Waals surface area contributed by atoms with Gasteiger partial charge in [-0.2, -0.15) is 0 Å². The molecule has 3 rings (SSSR count). The Balaban J connectivity index is 2.05. The molecule has 2 unspecified atom stereocenters. The van der Waals surface area contributed by atoms with Crippen molar-refractivity contribution in [2.45, 2.75) is 63.2 Å². The second-order valence-corrected chi connectivity index (χ2v) is 8.34. The van der Waals surface area contributed by atoms with Crippen molar-refractivity contribution in [1.29, 1.82) is 0 Å². The summed E-state index contributed by atoms with van der Waals surface area (Å²) in [7, 11) is 0. The highest BCUT2D eigenvalue weighted by molar-refractivity contribution is 5.78. The maximum atomic E-state index is 15.4. The van der Waals surface area contributed by atoms with Gasteiger partial charge in [-0.1, -0.05) is 49.4 Å². The number of hydrogen-bond acceptors (Lipinski definition) is 7. The highest BCUT2D eigenvalue weighted by Gasteiger charge is 2.57. The molecule has 0 saturated carbocycles. The van der Waals surface area contributed by atoms with Gasteiger partial charge in [-0.25, -0.2) is 13.5 Å². The van der Waals surface area contributed by atoms with Crippen LogP contribution in [-0.4, -0.2) is 79.2 Å². The Bertz CT molecular complexity index is 911. The first-order valence-corrected chi connectivity index (χ1v) is 10.3. The Morgan fingerprint density at radius 1 is 1.31 bits per heavy atom. The van der Waals surface area contributed by atoms with Crippen LogP contribution >= 0.6 is 0 Å². The highest BCUT2D eigenvalue weighted by Crippen LogP contribution is 2.41. The van der Waals surface area contributed by atoms with Crippen molar-refractivity contribution >= 4 is 5.91 Å². The predicted molar refractivity (Wildman–Crippen MR) is 110 cm³/mol. The third kappa shape index (κ3) is 4.80. The number of aromatic nitrogens is 3. The van der Waals surface area contributed by atoms with E-state index in [1.54, 1.807) is 38.1 Å². The summed E-state index contributed by atoms with van der Waals surface area (Å²) in [6.45, 7) is 3.22. The molecule has 2 heterocycles. The van der Waals surface area contributed by atoms with Crippen LogP contribution in [-0.2, 0) is 9.53 Å². The molecule has 0 spiro atoms. The van der Waals surface area contributed by atoms with Crippen molar-refractivity contribution < 1.29 is 33.6 Å². The molecular weight excluding hydrogens is 426 g/mol. The van der Waals surface area contributed by atoms with Crippen LogP contribution in [0.1, 0.15) is 26.8 Å². The molecule has 9 nitrogen and oxygen atoms in total. The lowest BCUT2D eigenvalue weighted by atomic mass is 9.86. The first-order valence-electron chi connectivity index (χ1n) is 10.3. The zero-order chi connectivity index (χ0) is 23.6. The van der Waals surface area contributed by atoms with Crippen molar-refractivity contribution in [3.05, 3.63) is 36.5 Å². The number of nitrogens with one attached hydrogen (secondary N) is 1. The van der Waals surface area contributed by atoms with Crippen LogP contribution < -0.4 is 5.32 Å². The van der Waals surface area contributed by atoms with Crippen LogP contribution in [0.4, 0.5) is 8.78 Å². The molecule has 32 heavy (non-hydrogen) atoms. The van der Waals surface area contributed by atoms with Crippen molar-refractivity contribution in [3.8, 4) is 11.3 Å². The number of aliphatic hydroxyl groups excluding tert-OH is 3. The number of benzene rings is 1. The Hall–Kier alpha value is -2.47. The normalized spacial score (nSPS) is 30.2. The minimum Gasteiger partial charge on any atom is -0.394 e. The first-order chi connectivity index (χ1) is 15.1. The van der Waals surface area contributed by atoms with Crippen molar-refractivity contribution in [2.75, 3.05) is 6.61 Å². The highest BCUT2D eigenvalue weighted by atomic mass is 19.2. The fraction of sp³-hybridized carbons (Fsp3) is 0.571. The minimum atomic E-state index is -2.89. The third-order valence-electron chi connectivity index (χ3n) is 5.52.